The number of rotatable bonds is 6. The lowest BCUT2D eigenvalue weighted by atomic mass is 10.1. The highest BCUT2D eigenvalue weighted by Crippen LogP contribution is 2.18. The van der Waals surface area contributed by atoms with E-state index >= 15 is 0 Å². The minimum Gasteiger partial charge on any atom is -0.324 e. The van der Waals surface area contributed by atoms with Gasteiger partial charge in [-0.1, -0.05) is 37.6 Å². The van der Waals surface area contributed by atoms with E-state index in [0.717, 1.165) is 0 Å². The minimum atomic E-state index is -0.406. The van der Waals surface area contributed by atoms with Gasteiger partial charge in [0.25, 0.3) is 5.91 Å². The molecule has 1 aromatic carbocycles. The number of hydrogen-bond donors (Lipinski definition) is 2. The summed E-state index contributed by atoms with van der Waals surface area (Å²) in [4.78, 5) is 29.1. The first-order valence-corrected chi connectivity index (χ1v) is 8.89. The van der Waals surface area contributed by atoms with Crippen LogP contribution in [0.25, 0.3) is 0 Å². The van der Waals surface area contributed by atoms with Crippen molar-refractivity contribution in [3.63, 3.8) is 0 Å². The second kappa shape index (κ2) is 8.57. The van der Waals surface area contributed by atoms with Crippen LogP contribution in [0, 0.1) is 0 Å². The summed E-state index contributed by atoms with van der Waals surface area (Å²) in [7, 11) is 0. The van der Waals surface area contributed by atoms with Crippen LogP contribution in [-0.2, 0) is 11.3 Å². The van der Waals surface area contributed by atoms with Crippen molar-refractivity contribution >= 4 is 34.9 Å². The molecule has 3 aromatic rings. The molecule has 0 unspecified atom stereocenters. The van der Waals surface area contributed by atoms with Crippen LogP contribution in [0.1, 0.15) is 35.9 Å². The van der Waals surface area contributed by atoms with Gasteiger partial charge < -0.3 is 10.6 Å². The van der Waals surface area contributed by atoms with Crippen LogP contribution >= 0.6 is 11.6 Å². The number of nitrogens with one attached hydrogen (secondary N) is 2. The highest BCUT2D eigenvalue weighted by Gasteiger charge is 2.16. The number of amides is 2. The molecule has 144 valence electrons. The first kappa shape index (κ1) is 19.4. The number of aromatic nitrogens is 5. The Hall–Kier alpha value is -3.33. The van der Waals surface area contributed by atoms with Crippen LogP contribution < -0.4 is 10.6 Å². The molecular formula is C18H18ClN7O2. The van der Waals surface area contributed by atoms with E-state index in [9.17, 15) is 9.59 Å². The van der Waals surface area contributed by atoms with E-state index in [4.69, 9.17) is 11.6 Å². The third-order valence-corrected chi connectivity index (χ3v) is 4.01. The summed E-state index contributed by atoms with van der Waals surface area (Å²) in [5, 5.41) is 17.2. The summed E-state index contributed by atoms with van der Waals surface area (Å²) in [6, 6.07) is 9.90. The highest BCUT2D eigenvalue weighted by molar-refractivity contribution is 6.30. The van der Waals surface area contributed by atoms with Crippen LogP contribution in [-0.4, -0.2) is 37.0 Å². The average Bonchev–Trinajstić information content (AvgIpc) is 3.12. The zero-order valence-corrected chi connectivity index (χ0v) is 16.0. The Morgan fingerprint density at radius 2 is 1.93 bits per heavy atom. The van der Waals surface area contributed by atoms with Crippen LogP contribution in [0.15, 0.2) is 42.6 Å². The first-order valence-electron chi connectivity index (χ1n) is 8.52. The van der Waals surface area contributed by atoms with E-state index in [1.165, 1.54) is 10.9 Å². The number of hydrogen-bond acceptors (Lipinski definition) is 6. The Morgan fingerprint density at radius 1 is 1.14 bits per heavy atom. The van der Waals surface area contributed by atoms with Gasteiger partial charge in [0.2, 0.25) is 5.91 Å². The molecule has 2 N–H and O–H groups in total. The largest absolute Gasteiger partial charge is 0.324 e. The number of para-hydroxylation sites is 1. The number of carbonyl (C=O) groups is 2. The molecule has 0 atom stereocenters. The second-order valence-corrected chi connectivity index (χ2v) is 6.70. The maximum absolute atomic E-state index is 12.6. The van der Waals surface area contributed by atoms with Crippen molar-refractivity contribution in [1.29, 1.82) is 0 Å². The number of anilines is 2. The summed E-state index contributed by atoms with van der Waals surface area (Å²) in [5.74, 6) is 0.281. The number of carbonyl (C=O) groups excluding carboxylic acids is 2. The number of halogens is 1. The van der Waals surface area contributed by atoms with Gasteiger partial charge in [-0.3, -0.25) is 9.59 Å². The van der Waals surface area contributed by atoms with Gasteiger partial charge in [0.05, 0.1) is 16.3 Å². The normalized spacial score (nSPS) is 10.7. The van der Waals surface area contributed by atoms with Crippen LogP contribution in [0.4, 0.5) is 11.5 Å². The quantitative estimate of drug-likeness (QED) is 0.658. The maximum atomic E-state index is 12.6. The van der Waals surface area contributed by atoms with Crippen molar-refractivity contribution < 1.29 is 9.59 Å². The zero-order valence-electron chi connectivity index (χ0n) is 15.3. The van der Waals surface area contributed by atoms with E-state index in [2.05, 4.69) is 31.1 Å². The van der Waals surface area contributed by atoms with E-state index in [0.29, 0.717) is 27.9 Å². The highest BCUT2D eigenvalue weighted by atomic mass is 35.5. The van der Waals surface area contributed by atoms with Gasteiger partial charge in [-0.15, -0.1) is 5.10 Å². The molecule has 0 spiro atoms. The number of nitrogens with zero attached hydrogens (tertiary/aromatic N) is 5. The lowest BCUT2D eigenvalue weighted by molar-refractivity contribution is -0.117. The molecule has 2 amide bonds. The fourth-order valence-corrected chi connectivity index (χ4v) is 2.60. The third kappa shape index (κ3) is 4.68. The van der Waals surface area contributed by atoms with Gasteiger partial charge in [-0.2, -0.15) is 0 Å². The minimum absolute atomic E-state index is 0.0603. The van der Waals surface area contributed by atoms with Gasteiger partial charge in [0.15, 0.2) is 5.82 Å². The fourth-order valence-electron chi connectivity index (χ4n) is 2.49. The molecule has 0 saturated carbocycles. The maximum Gasteiger partial charge on any atom is 0.258 e. The molecule has 0 aliphatic carbocycles. The topological polar surface area (TPSA) is 115 Å². The predicted molar refractivity (Wildman–Crippen MR) is 104 cm³/mol. The number of pyridine rings is 1. The zero-order chi connectivity index (χ0) is 20.1. The van der Waals surface area contributed by atoms with Crippen LogP contribution in [0.5, 0.6) is 0 Å². The predicted octanol–water partition coefficient (Wildman–Crippen LogP) is 2.74. The Bertz CT molecular complexity index is 986. The standard InChI is InChI=1S/C18H18ClN7O2/c1-11(2)17-23-24-25-26(17)10-16(27)21-14-6-4-3-5-13(14)18(28)22-15-8-7-12(19)9-20-15/h3-9,11H,10H2,1-2H3,(H,21,27)(H,20,22,28). The molecule has 0 radical (unpaired) electrons. The molecular weight excluding hydrogens is 382 g/mol. The summed E-state index contributed by atoms with van der Waals surface area (Å²) in [5.41, 5.74) is 0.673. The van der Waals surface area contributed by atoms with Crippen molar-refractivity contribution in [3.05, 3.63) is 59.0 Å². The smallest absolute Gasteiger partial charge is 0.258 e. The van der Waals surface area contributed by atoms with Gasteiger partial charge in [-0.05, 0) is 34.7 Å². The summed E-state index contributed by atoms with van der Waals surface area (Å²) < 4.78 is 1.43. The third-order valence-electron chi connectivity index (χ3n) is 3.78. The van der Waals surface area contributed by atoms with E-state index in [-0.39, 0.29) is 18.4 Å². The molecule has 2 aromatic heterocycles. The summed E-state index contributed by atoms with van der Waals surface area (Å²) >= 11 is 5.80. The summed E-state index contributed by atoms with van der Waals surface area (Å²) in [6.07, 6.45) is 1.43. The van der Waals surface area contributed by atoms with Gasteiger partial charge >= 0.3 is 0 Å². The molecule has 9 nitrogen and oxygen atoms in total. The van der Waals surface area contributed by atoms with E-state index in [1.54, 1.807) is 36.4 Å². The van der Waals surface area contributed by atoms with Crippen molar-refractivity contribution in [2.24, 2.45) is 0 Å². The lowest BCUT2D eigenvalue weighted by Crippen LogP contribution is -2.23. The Labute approximate surface area is 166 Å². The molecule has 3 rings (SSSR count). The molecule has 2 heterocycles. The van der Waals surface area contributed by atoms with Gasteiger partial charge in [0.1, 0.15) is 12.4 Å². The lowest BCUT2D eigenvalue weighted by Gasteiger charge is -2.12. The Balaban J connectivity index is 1.72. The average molecular weight is 400 g/mol. The SMILES string of the molecule is CC(C)c1nnnn1CC(=O)Nc1ccccc1C(=O)Nc1ccc(Cl)cn1. The molecule has 0 bridgehead atoms. The molecule has 0 aliphatic heterocycles. The summed E-state index contributed by atoms with van der Waals surface area (Å²) in [6.45, 7) is 3.81. The number of benzene rings is 1. The van der Waals surface area contributed by atoms with Crippen molar-refractivity contribution in [1.82, 2.24) is 25.2 Å². The monoisotopic (exact) mass is 399 g/mol. The Kier molecular flexibility index (Phi) is 5.95. The molecule has 0 aliphatic rings. The van der Waals surface area contributed by atoms with Crippen LogP contribution in [0.2, 0.25) is 5.02 Å². The molecule has 0 saturated heterocycles. The number of tetrazole rings is 1. The van der Waals surface area contributed by atoms with Crippen LogP contribution in [0.3, 0.4) is 0 Å². The second-order valence-electron chi connectivity index (χ2n) is 6.26. The van der Waals surface area contributed by atoms with E-state index < -0.39 is 5.91 Å². The Morgan fingerprint density at radius 3 is 2.64 bits per heavy atom. The van der Waals surface area contributed by atoms with Gasteiger partial charge in [0, 0.05) is 12.1 Å². The van der Waals surface area contributed by atoms with Crippen molar-refractivity contribution in [2.75, 3.05) is 10.6 Å². The molecule has 0 fully saturated rings. The molecule has 10 heteroatoms. The van der Waals surface area contributed by atoms with E-state index in [1.807, 2.05) is 13.8 Å². The first-order chi connectivity index (χ1) is 13.4. The van der Waals surface area contributed by atoms with Crippen molar-refractivity contribution in [2.45, 2.75) is 26.3 Å². The van der Waals surface area contributed by atoms with Crippen molar-refractivity contribution in [3.8, 4) is 0 Å². The van der Waals surface area contributed by atoms with Gasteiger partial charge in [-0.25, -0.2) is 9.67 Å². The molecule has 28 heavy (non-hydrogen) atoms. The fraction of sp³-hybridized carbons (Fsp3) is 0.222.